The summed E-state index contributed by atoms with van der Waals surface area (Å²) >= 11 is 0. The van der Waals surface area contributed by atoms with Gasteiger partial charge in [0, 0.05) is 5.56 Å². The molecule has 0 saturated carbocycles. The lowest BCUT2D eigenvalue weighted by Gasteiger charge is -2.07. The summed E-state index contributed by atoms with van der Waals surface area (Å²) in [5, 5.41) is 17.4. The first-order chi connectivity index (χ1) is 7.10. The van der Waals surface area contributed by atoms with Crippen LogP contribution in [0.3, 0.4) is 0 Å². The van der Waals surface area contributed by atoms with E-state index in [0.29, 0.717) is 17.4 Å². The number of benzene rings is 1. The summed E-state index contributed by atoms with van der Waals surface area (Å²) in [7, 11) is 0. The standard InChI is InChI=1S/C11H9NO3/c1-7-2-3-8(5-12)10(6-13)9(7)4-11(14)15/h2-3,6H,4H2,1H3,(H,14,15). The van der Waals surface area contributed by atoms with E-state index in [-0.39, 0.29) is 17.5 Å². The highest BCUT2D eigenvalue weighted by Gasteiger charge is 2.13. The van der Waals surface area contributed by atoms with Crippen molar-refractivity contribution in [1.82, 2.24) is 0 Å². The van der Waals surface area contributed by atoms with Crippen LogP contribution in [0.5, 0.6) is 0 Å². The van der Waals surface area contributed by atoms with E-state index in [1.807, 2.05) is 6.07 Å². The molecule has 0 atom stereocenters. The Morgan fingerprint density at radius 2 is 2.27 bits per heavy atom. The Hall–Kier alpha value is -2.15. The van der Waals surface area contributed by atoms with Crippen LogP contribution in [0.1, 0.15) is 27.0 Å². The van der Waals surface area contributed by atoms with E-state index in [9.17, 15) is 9.59 Å². The number of hydrogen-bond acceptors (Lipinski definition) is 3. The first kappa shape index (κ1) is 10.9. The maximum Gasteiger partial charge on any atom is 0.307 e. The van der Waals surface area contributed by atoms with E-state index in [1.165, 1.54) is 6.07 Å². The van der Waals surface area contributed by atoms with Crippen LogP contribution in [0.25, 0.3) is 0 Å². The normalized spacial score (nSPS) is 9.33. The molecule has 0 heterocycles. The van der Waals surface area contributed by atoms with Gasteiger partial charge in [-0.3, -0.25) is 9.59 Å². The molecule has 1 aromatic rings. The highest BCUT2D eigenvalue weighted by Crippen LogP contribution is 2.17. The van der Waals surface area contributed by atoms with Gasteiger partial charge in [0.05, 0.1) is 18.1 Å². The summed E-state index contributed by atoms with van der Waals surface area (Å²) in [5.74, 6) is -1.02. The molecule has 0 aliphatic rings. The monoisotopic (exact) mass is 203 g/mol. The van der Waals surface area contributed by atoms with E-state index >= 15 is 0 Å². The number of hydrogen-bond donors (Lipinski definition) is 1. The predicted molar refractivity (Wildman–Crippen MR) is 52.6 cm³/mol. The average molecular weight is 203 g/mol. The van der Waals surface area contributed by atoms with Crippen LogP contribution < -0.4 is 0 Å². The summed E-state index contributed by atoms with van der Waals surface area (Å²) in [4.78, 5) is 21.4. The summed E-state index contributed by atoms with van der Waals surface area (Å²) in [6.07, 6.45) is 0.291. The van der Waals surface area contributed by atoms with Crippen molar-refractivity contribution in [3.63, 3.8) is 0 Å². The first-order valence-electron chi connectivity index (χ1n) is 4.29. The van der Waals surface area contributed by atoms with Crippen molar-refractivity contribution in [2.75, 3.05) is 0 Å². The molecule has 15 heavy (non-hydrogen) atoms. The molecular weight excluding hydrogens is 194 g/mol. The zero-order valence-corrected chi connectivity index (χ0v) is 8.15. The molecule has 4 heteroatoms. The van der Waals surface area contributed by atoms with Crippen LogP contribution in [0.15, 0.2) is 12.1 Å². The molecular formula is C11H9NO3. The van der Waals surface area contributed by atoms with Crippen molar-refractivity contribution in [2.45, 2.75) is 13.3 Å². The van der Waals surface area contributed by atoms with Gasteiger partial charge in [-0.25, -0.2) is 0 Å². The number of carboxylic acids is 1. The molecule has 1 aromatic carbocycles. The summed E-state index contributed by atoms with van der Waals surface area (Å²) in [6, 6.07) is 5.02. The Bertz CT molecular complexity index is 458. The van der Waals surface area contributed by atoms with Crippen LogP contribution in [-0.2, 0) is 11.2 Å². The third kappa shape index (κ3) is 2.20. The van der Waals surface area contributed by atoms with Gasteiger partial charge in [-0.05, 0) is 24.1 Å². The van der Waals surface area contributed by atoms with Gasteiger partial charge in [-0.1, -0.05) is 6.07 Å². The lowest BCUT2D eigenvalue weighted by molar-refractivity contribution is -0.136. The van der Waals surface area contributed by atoms with Crippen molar-refractivity contribution in [1.29, 1.82) is 5.26 Å². The number of rotatable bonds is 3. The number of carboxylic acid groups (broad SMARTS) is 1. The fourth-order valence-corrected chi connectivity index (χ4v) is 1.39. The van der Waals surface area contributed by atoms with Gasteiger partial charge in [0.1, 0.15) is 0 Å². The van der Waals surface area contributed by atoms with Crippen LogP contribution in [-0.4, -0.2) is 17.4 Å². The Morgan fingerprint density at radius 1 is 1.60 bits per heavy atom. The Balaban J connectivity index is 3.39. The SMILES string of the molecule is Cc1ccc(C#N)c(C=O)c1CC(=O)O. The zero-order valence-electron chi connectivity index (χ0n) is 8.15. The number of nitrogens with zero attached hydrogens (tertiary/aromatic N) is 1. The minimum absolute atomic E-state index is 0.180. The highest BCUT2D eigenvalue weighted by atomic mass is 16.4. The largest absolute Gasteiger partial charge is 0.481 e. The second-order valence-electron chi connectivity index (χ2n) is 3.12. The fourth-order valence-electron chi connectivity index (χ4n) is 1.39. The number of aldehydes is 1. The van der Waals surface area contributed by atoms with Crippen molar-refractivity contribution in [2.24, 2.45) is 0 Å². The van der Waals surface area contributed by atoms with Crippen molar-refractivity contribution in [3.05, 3.63) is 34.4 Å². The first-order valence-corrected chi connectivity index (χ1v) is 4.29. The lowest BCUT2D eigenvalue weighted by Crippen LogP contribution is -2.07. The topological polar surface area (TPSA) is 78.2 Å². The Labute approximate surface area is 86.8 Å². The van der Waals surface area contributed by atoms with Crippen molar-refractivity contribution >= 4 is 12.3 Å². The predicted octanol–water partition coefficient (Wildman–Crippen LogP) is 1.31. The minimum Gasteiger partial charge on any atom is -0.481 e. The molecule has 0 spiro atoms. The Morgan fingerprint density at radius 3 is 2.73 bits per heavy atom. The lowest BCUT2D eigenvalue weighted by atomic mass is 9.96. The molecule has 0 saturated heterocycles. The minimum atomic E-state index is -1.02. The molecule has 4 nitrogen and oxygen atoms in total. The van der Waals surface area contributed by atoms with Gasteiger partial charge in [-0.15, -0.1) is 0 Å². The van der Waals surface area contributed by atoms with Gasteiger partial charge in [0.15, 0.2) is 6.29 Å². The molecule has 76 valence electrons. The molecule has 0 bridgehead atoms. The quantitative estimate of drug-likeness (QED) is 0.751. The third-order valence-electron chi connectivity index (χ3n) is 2.16. The molecule has 0 aromatic heterocycles. The molecule has 0 radical (unpaired) electrons. The molecule has 0 aliphatic carbocycles. The van der Waals surface area contributed by atoms with E-state index in [4.69, 9.17) is 10.4 Å². The van der Waals surface area contributed by atoms with Gasteiger partial charge in [0.25, 0.3) is 0 Å². The van der Waals surface area contributed by atoms with E-state index in [0.717, 1.165) is 0 Å². The summed E-state index contributed by atoms with van der Waals surface area (Å²) in [6.45, 7) is 1.71. The van der Waals surface area contributed by atoms with E-state index in [2.05, 4.69) is 0 Å². The average Bonchev–Trinajstić information content (AvgIpc) is 2.20. The van der Waals surface area contributed by atoms with Crippen LogP contribution >= 0.6 is 0 Å². The molecule has 0 amide bonds. The molecule has 0 fully saturated rings. The van der Waals surface area contributed by atoms with Gasteiger partial charge in [0.2, 0.25) is 0 Å². The molecule has 0 unspecified atom stereocenters. The zero-order chi connectivity index (χ0) is 11.4. The number of aliphatic carboxylic acids is 1. The Kier molecular flexibility index (Phi) is 3.19. The smallest absolute Gasteiger partial charge is 0.307 e. The maximum atomic E-state index is 10.8. The van der Waals surface area contributed by atoms with Gasteiger partial charge >= 0.3 is 5.97 Å². The maximum absolute atomic E-state index is 10.8. The molecule has 0 aliphatic heterocycles. The van der Waals surface area contributed by atoms with E-state index < -0.39 is 5.97 Å². The number of carbonyl (C=O) groups excluding carboxylic acids is 1. The number of aryl methyl sites for hydroxylation is 1. The third-order valence-corrected chi connectivity index (χ3v) is 2.16. The summed E-state index contributed by atoms with van der Waals surface area (Å²) in [5.41, 5.74) is 1.52. The van der Waals surface area contributed by atoms with Crippen LogP contribution in [0, 0.1) is 18.3 Å². The highest BCUT2D eigenvalue weighted by molar-refractivity contribution is 5.85. The van der Waals surface area contributed by atoms with Crippen LogP contribution in [0.2, 0.25) is 0 Å². The van der Waals surface area contributed by atoms with Crippen molar-refractivity contribution < 1.29 is 14.7 Å². The summed E-state index contributed by atoms with van der Waals surface area (Å²) < 4.78 is 0. The molecule has 1 rings (SSSR count). The van der Waals surface area contributed by atoms with E-state index in [1.54, 1.807) is 13.0 Å². The van der Waals surface area contributed by atoms with Crippen molar-refractivity contribution in [3.8, 4) is 6.07 Å². The second kappa shape index (κ2) is 4.38. The van der Waals surface area contributed by atoms with Crippen LogP contribution in [0.4, 0.5) is 0 Å². The number of carbonyl (C=O) groups is 2. The fraction of sp³-hybridized carbons (Fsp3) is 0.182. The number of nitriles is 1. The second-order valence-corrected chi connectivity index (χ2v) is 3.12. The van der Waals surface area contributed by atoms with Gasteiger partial charge < -0.3 is 5.11 Å². The molecule has 1 N–H and O–H groups in total. The van der Waals surface area contributed by atoms with Gasteiger partial charge in [-0.2, -0.15) is 5.26 Å².